The summed E-state index contributed by atoms with van der Waals surface area (Å²) in [6.07, 6.45) is 4.48. The number of Topliss-reactive ketones (excluding diaryl/α,β-unsaturated/α-hetero) is 1. The molecule has 0 N–H and O–H groups in total. The molecule has 0 aromatic heterocycles. The number of hydrogen-bond donors (Lipinski definition) is 0. The number of nitrogens with zero attached hydrogens (tertiary/aromatic N) is 3. The lowest BCUT2D eigenvalue weighted by Crippen LogP contribution is -2.65. The Kier molecular flexibility index (Phi) is 8.98. The van der Waals surface area contributed by atoms with Crippen molar-refractivity contribution >= 4 is 11.7 Å². The molecule has 6 aliphatic rings. The largest absolute Gasteiger partial charge is 0.493 e. The number of likely N-dealkylation sites (N-methyl/N-ethyl adjacent to an activating group) is 2. The minimum atomic E-state index is -0.592. The third kappa shape index (κ3) is 5.12. The van der Waals surface area contributed by atoms with Crippen molar-refractivity contribution in [3.8, 4) is 11.5 Å². The van der Waals surface area contributed by atoms with Gasteiger partial charge in [-0.15, -0.1) is 0 Å². The summed E-state index contributed by atoms with van der Waals surface area (Å²) in [6, 6.07) is 25.5. The molecule has 1 unspecified atom stereocenters. The fourth-order valence-corrected chi connectivity index (χ4v) is 10.6. The Morgan fingerprint density at radius 2 is 1.62 bits per heavy atom. The highest BCUT2D eigenvalue weighted by Gasteiger charge is 2.65. The first-order valence-corrected chi connectivity index (χ1v) is 18.7. The number of hydrogen-bond acceptors (Lipinski definition) is 7. The van der Waals surface area contributed by atoms with Gasteiger partial charge >= 0.3 is 0 Å². The van der Waals surface area contributed by atoms with Crippen LogP contribution in [0.1, 0.15) is 54.9 Å². The molecule has 3 saturated heterocycles. The molecule has 50 heavy (non-hydrogen) atoms. The van der Waals surface area contributed by atoms with Crippen LogP contribution in [0.5, 0.6) is 11.5 Å². The van der Waals surface area contributed by atoms with Crippen LogP contribution in [0.2, 0.25) is 0 Å². The number of rotatable bonds is 7. The fraction of sp³-hybridized carbons (Fsp3) is 0.524. The van der Waals surface area contributed by atoms with Crippen LogP contribution in [0.3, 0.4) is 0 Å². The molecule has 264 valence electrons. The minimum Gasteiger partial charge on any atom is -0.493 e. The maximum atomic E-state index is 13.8. The molecule has 2 aliphatic carbocycles. The Labute approximate surface area is 296 Å². The maximum Gasteiger partial charge on any atom is 0.238 e. The number of likely N-dealkylation sites (tertiary alicyclic amines) is 2. The molecule has 9 rings (SSSR count). The number of carbonyl (C=O) groups is 2. The van der Waals surface area contributed by atoms with E-state index in [1.165, 1.54) is 11.1 Å². The molecular formula is C42H51N3O5. The minimum absolute atomic E-state index is 0.0933. The van der Waals surface area contributed by atoms with Crippen LogP contribution >= 0.6 is 0 Å². The Morgan fingerprint density at radius 1 is 0.920 bits per heavy atom. The molecular weight excluding hydrogens is 626 g/mol. The smallest absolute Gasteiger partial charge is 0.238 e. The third-order valence-corrected chi connectivity index (χ3v) is 13.0. The van der Waals surface area contributed by atoms with Crippen molar-refractivity contribution in [3.05, 3.63) is 95.1 Å². The van der Waals surface area contributed by atoms with E-state index in [9.17, 15) is 9.59 Å². The molecule has 2 bridgehead atoms. The van der Waals surface area contributed by atoms with Crippen LogP contribution in [0.25, 0.3) is 0 Å². The van der Waals surface area contributed by atoms with E-state index >= 15 is 0 Å². The van der Waals surface area contributed by atoms with Gasteiger partial charge < -0.3 is 24.0 Å². The van der Waals surface area contributed by atoms with E-state index in [0.29, 0.717) is 18.4 Å². The number of morpholine rings is 1. The quantitative estimate of drug-likeness (QED) is 0.345. The lowest BCUT2D eigenvalue weighted by molar-refractivity contribution is -0.138. The molecule has 3 aromatic rings. The molecule has 5 atom stereocenters. The number of ether oxygens (including phenoxy) is 3. The van der Waals surface area contributed by atoms with Crippen LogP contribution in [-0.4, -0.2) is 105 Å². The fourth-order valence-electron chi connectivity index (χ4n) is 10.6. The zero-order valence-electron chi connectivity index (χ0n) is 29.8. The maximum absolute atomic E-state index is 13.8. The molecule has 3 aromatic carbocycles. The van der Waals surface area contributed by atoms with Gasteiger partial charge in [0.15, 0.2) is 23.4 Å². The van der Waals surface area contributed by atoms with E-state index in [4.69, 9.17) is 14.2 Å². The predicted octanol–water partition coefficient (Wildman–Crippen LogP) is 5.11. The zero-order valence-corrected chi connectivity index (χ0v) is 29.8. The van der Waals surface area contributed by atoms with Crippen LogP contribution < -0.4 is 9.47 Å². The summed E-state index contributed by atoms with van der Waals surface area (Å²) in [5.74, 6) is 2.96. The van der Waals surface area contributed by atoms with Crippen LogP contribution in [-0.2, 0) is 31.6 Å². The summed E-state index contributed by atoms with van der Waals surface area (Å²) in [5.41, 5.74) is 4.22. The summed E-state index contributed by atoms with van der Waals surface area (Å²) in [4.78, 5) is 33.5. The van der Waals surface area contributed by atoms with Crippen molar-refractivity contribution in [2.45, 2.75) is 62.0 Å². The summed E-state index contributed by atoms with van der Waals surface area (Å²) in [6.45, 7) is 9.33. The standard InChI is InChI=1S/C24H30N2O2.C18H21NO3/c1-2-26-19-22(13-14-25-15-17-28-18-16-25)24(23(26)27,20-9-5-3-6-10-20)21-11-7-4-8-12-21;1-19-8-7-18-11-4-5-13(20)17(18)22-16-14(21-2)6-3-10(15(16)18)9-12(11)19/h3-12,22H,2,13-19H2,1H3;3,6,11-12,17H,4-5,7-9H2,1-2H3/t;11-,12+,17-,18-/m.0/s1. The summed E-state index contributed by atoms with van der Waals surface area (Å²) in [7, 11) is 3.91. The highest BCUT2D eigenvalue weighted by molar-refractivity contribution is 5.95. The van der Waals surface area contributed by atoms with E-state index < -0.39 is 5.41 Å². The van der Waals surface area contributed by atoms with Gasteiger partial charge in [0.1, 0.15) is 5.41 Å². The Morgan fingerprint density at radius 3 is 2.28 bits per heavy atom. The van der Waals surface area contributed by atoms with Crippen molar-refractivity contribution in [3.63, 3.8) is 0 Å². The highest BCUT2D eigenvalue weighted by Crippen LogP contribution is 2.63. The van der Waals surface area contributed by atoms with E-state index in [-0.39, 0.29) is 29.1 Å². The highest BCUT2D eigenvalue weighted by atomic mass is 16.5. The van der Waals surface area contributed by atoms with E-state index in [1.807, 2.05) is 23.1 Å². The normalized spacial score (nSPS) is 29.5. The Balaban J connectivity index is 0.000000148. The molecule has 4 heterocycles. The molecule has 1 amide bonds. The molecule has 0 radical (unpaired) electrons. The van der Waals surface area contributed by atoms with Gasteiger partial charge in [0.05, 0.1) is 20.3 Å². The molecule has 8 nitrogen and oxygen atoms in total. The van der Waals surface area contributed by atoms with Crippen LogP contribution in [0, 0.1) is 11.8 Å². The van der Waals surface area contributed by atoms with E-state index in [2.05, 4.69) is 78.4 Å². The SMILES string of the molecule is CCN1CC(CCN2CCOCC2)C(c2ccccc2)(c2ccccc2)C1=O.COc1ccc2c3c1O[C@H]1C(=O)CC[C@H]4[C@@H](C2)N(C)CC[C@]314. The first-order chi connectivity index (χ1) is 24.4. The van der Waals surface area contributed by atoms with Crippen LogP contribution in [0.4, 0.5) is 0 Å². The van der Waals surface area contributed by atoms with Gasteiger partial charge in [-0.25, -0.2) is 0 Å². The van der Waals surface area contributed by atoms with Gasteiger partial charge in [0.2, 0.25) is 5.91 Å². The number of carbonyl (C=O) groups excluding carboxylic acids is 2. The Hall–Kier alpha value is -3.72. The number of benzene rings is 3. The summed E-state index contributed by atoms with van der Waals surface area (Å²) < 4.78 is 17.3. The second-order valence-electron chi connectivity index (χ2n) is 15.1. The molecule has 8 heteroatoms. The van der Waals surface area contributed by atoms with E-state index in [0.717, 1.165) is 101 Å². The van der Waals surface area contributed by atoms with Crippen molar-refractivity contribution in [1.29, 1.82) is 0 Å². The number of methoxy groups -OCH3 is 1. The van der Waals surface area contributed by atoms with Gasteiger partial charge in [0.25, 0.3) is 0 Å². The van der Waals surface area contributed by atoms with Crippen molar-refractivity contribution in [2.75, 3.05) is 66.6 Å². The Bertz CT molecular complexity index is 1670. The second kappa shape index (κ2) is 13.4. The predicted molar refractivity (Wildman–Crippen MR) is 193 cm³/mol. The van der Waals surface area contributed by atoms with Gasteiger partial charge in [-0.2, -0.15) is 0 Å². The van der Waals surface area contributed by atoms with E-state index in [1.54, 1.807) is 7.11 Å². The number of amides is 1. The van der Waals surface area contributed by atoms with Crippen molar-refractivity contribution in [1.82, 2.24) is 14.7 Å². The molecule has 1 saturated carbocycles. The topological polar surface area (TPSA) is 71.5 Å². The average molecular weight is 678 g/mol. The van der Waals surface area contributed by atoms with Gasteiger partial charge in [-0.3, -0.25) is 14.5 Å². The first kappa shape index (κ1) is 33.4. The molecule has 1 spiro atoms. The van der Waals surface area contributed by atoms with Gasteiger partial charge in [-0.05, 0) is 81.4 Å². The van der Waals surface area contributed by atoms with Crippen LogP contribution in [0.15, 0.2) is 72.8 Å². The lowest BCUT2D eigenvalue weighted by atomic mass is 9.52. The zero-order chi connectivity index (χ0) is 34.5. The lowest BCUT2D eigenvalue weighted by Gasteiger charge is -2.57. The summed E-state index contributed by atoms with van der Waals surface area (Å²) >= 11 is 0. The monoisotopic (exact) mass is 677 g/mol. The van der Waals surface area contributed by atoms with Crippen molar-refractivity contribution in [2.24, 2.45) is 11.8 Å². The summed E-state index contributed by atoms with van der Waals surface area (Å²) in [5, 5.41) is 0. The number of ketones is 1. The molecule has 4 fully saturated rings. The average Bonchev–Trinajstić information content (AvgIpc) is 3.67. The third-order valence-electron chi connectivity index (χ3n) is 13.0. The second-order valence-corrected chi connectivity index (χ2v) is 15.1. The van der Waals surface area contributed by atoms with Gasteiger partial charge in [0, 0.05) is 55.5 Å². The number of piperidine rings is 1. The first-order valence-electron chi connectivity index (χ1n) is 18.7. The van der Waals surface area contributed by atoms with Gasteiger partial charge in [-0.1, -0.05) is 66.7 Å². The molecule has 4 aliphatic heterocycles. The van der Waals surface area contributed by atoms with Crippen molar-refractivity contribution < 1.29 is 23.8 Å².